The first-order chi connectivity index (χ1) is 18.2. The van der Waals surface area contributed by atoms with Gasteiger partial charge in [-0.2, -0.15) is 13.2 Å². The van der Waals surface area contributed by atoms with E-state index in [4.69, 9.17) is 4.74 Å². The van der Waals surface area contributed by atoms with E-state index in [1.165, 1.54) is 12.1 Å². The zero-order chi connectivity index (χ0) is 26.6. The van der Waals surface area contributed by atoms with Crippen molar-refractivity contribution < 1.29 is 27.4 Å². The minimum atomic E-state index is -4.72. The number of methoxy groups -OCH3 is 1. The number of alkyl halides is 4. The Hall–Kier alpha value is -3.61. The summed E-state index contributed by atoms with van der Waals surface area (Å²) in [5.74, 6) is -0.213. The summed E-state index contributed by atoms with van der Waals surface area (Å²) >= 11 is 0. The highest BCUT2D eigenvalue weighted by Gasteiger charge is 2.48. The minimum absolute atomic E-state index is 0.0860. The molecule has 13 heteroatoms. The Morgan fingerprint density at radius 2 is 1.89 bits per heavy atom. The van der Waals surface area contributed by atoms with Gasteiger partial charge in [-0.15, -0.1) is 10.2 Å². The fourth-order valence-electron chi connectivity index (χ4n) is 5.46. The summed E-state index contributed by atoms with van der Waals surface area (Å²) in [7, 11) is 1.07. The Balaban J connectivity index is 1.25. The van der Waals surface area contributed by atoms with Crippen LogP contribution in [-0.4, -0.2) is 67.7 Å². The smallest absolute Gasteiger partial charge is 0.438 e. The quantitative estimate of drug-likeness (QED) is 0.458. The molecule has 2 N–H and O–H groups in total. The molecule has 1 saturated carbocycles. The van der Waals surface area contributed by atoms with Crippen molar-refractivity contribution in [3.63, 3.8) is 0 Å². The van der Waals surface area contributed by atoms with Crippen LogP contribution in [0, 0.1) is 0 Å². The van der Waals surface area contributed by atoms with E-state index >= 15 is 4.39 Å². The molecule has 3 fully saturated rings. The summed E-state index contributed by atoms with van der Waals surface area (Å²) in [6.07, 6.45) is 1.25. The number of rotatable bonds is 6. The lowest BCUT2D eigenvalue weighted by Crippen LogP contribution is -2.57. The average molecular weight is 532 g/mol. The number of halogens is 4. The molecule has 2 aromatic heterocycles. The molecule has 1 aliphatic carbocycles. The van der Waals surface area contributed by atoms with Gasteiger partial charge >= 0.3 is 6.18 Å². The van der Waals surface area contributed by atoms with Crippen molar-refractivity contribution in [1.82, 2.24) is 30.5 Å². The first kappa shape index (κ1) is 24.7. The number of anilines is 1. The number of phenolic OH excluding ortho intramolecular Hbond substituents is 1. The van der Waals surface area contributed by atoms with Crippen LogP contribution in [-0.2, 0) is 6.18 Å². The van der Waals surface area contributed by atoms with E-state index in [9.17, 15) is 18.3 Å². The first-order valence-electron chi connectivity index (χ1n) is 12.4. The zero-order valence-electron chi connectivity index (χ0n) is 20.4. The third-order valence-corrected chi connectivity index (χ3v) is 7.40. The molecule has 2 saturated heterocycles. The molecule has 2 bridgehead atoms. The van der Waals surface area contributed by atoms with Crippen LogP contribution in [0.3, 0.4) is 0 Å². The predicted octanol–water partition coefficient (Wildman–Crippen LogP) is 3.93. The second-order valence-corrected chi connectivity index (χ2v) is 9.92. The Bertz CT molecular complexity index is 1340. The van der Waals surface area contributed by atoms with Gasteiger partial charge in [0.1, 0.15) is 11.9 Å². The van der Waals surface area contributed by atoms with Gasteiger partial charge in [0, 0.05) is 23.7 Å². The van der Waals surface area contributed by atoms with Gasteiger partial charge in [0.05, 0.1) is 36.8 Å². The number of fused-ring (bicyclic) bond motifs is 2. The fraction of sp³-hybridized carbons (Fsp3) is 0.480. The summed E-state index contributed by atoms with van der Waals surface area (Å²) in [6.45, 7) is 0. The first-order valence-corrected chi connectivity index (χ1v) is 12.4. The maximum absolute atomic E-state index is 15.3. The van der Waals surface area contributed by atoms with E-state index in [0.29, 0.717) is 23.8 Å². The van der Waals surface area contributed by atoms with E-state index in [1.54, 1.807) is 12.3 Å². The lowest BCUT2D eigenvalue weighted by Gasteiger charge is -2.40. The highest BCUT2D eigenvalue weighted by atomic mass is 19.4. The normalized spacial score (nSPS) is 24.9. The van der Waals surface area contributed by atoms with Gasteiger partial charge in [0.15, 0.2) is 11.6 Å². The molecule has 0 spiro atoms. The molecular weight excluding hydrogens is 506 g/mol. The van der Waals surface area contributed by atoms with Crippen molar-refractivity contribution in [1.29, 1.82) is 0 Å². The predicted molar refractivity (Wildman–Crippen MR) is 128 cm³/mol. The van der Waals surface area contributed by atoms with Crippen LogP contribution in [0.25, 0.3) is 22.6 Å². The second-order valence-electron chi connectivity index (χ2n) is 9.92. The number of aromatic hydroxyl groups is 1. The molecule has 200 valence electrons. The monoisotopic (exact) mass is 531 g/mol. The topological polar surface area (TPSA) is 109 Å². The fourth-order valence-corrected chi connectivity index (χ4v) is 5.46. The van der Waals surface area contributed by atoms with Crippen molar-refractivity contribution in [3.8, 4) is 34.3 Å². The molecule has 3 aliphatic rings. The molecule has 9 nitrogen and oxygen atoms in total. The maximum Gasteiger partial charge on any atom is 0.438 e. The molecule has 4 atom stereocenters. The number of piperidine rings is 1. The van der Waals surface area contributed by atoms with E-state index in [-0.39, 0.29) is 41.0 Å². The largest absolute Gasteiger partial charge is 0.507 e. The van der Waals surface area contributed by atoms with E-state index in [2.05, 4.69) is 30.5 Å². The number of hydrogen-bond donors (Lipinski definition) is 2. The minimum Gasteiger partial charge on any atom is -0.507 e. The second kappa shape index (κ2) is 9.29. The van der Waals surface area contributed by atoms with Gasteiger partial charge in [0.2, 0.25) is 11.6 Å². The van der Waals surface area contributed by atoms with Gasteiger partial charge in [-0.3, -0.25) is 0 Å². The van der Waals surface area contributed by atoms with Crippen molar-refractivity contribution in [2.75, 3.05) is 12.0 Å². The highest BCUT2D eigenvalue weighted by Crippen LogP contribution is 2.40. The summed E-state index contributed by atoms with van der Waals surface area (Å²) in [6, 6.07) is 4.52. The van der Waals surface area contributed by atoms with Gasteiger partial charge < -0.3 is 20.1 Å². The number of benzene rings is 1. The van der Waals surface area contributed by atoms with Crippen LogP contribution in [0.1, 0.15) is 37.8 Å². The van der Waals surface area contributed by atoms with E-state index in [0.717, 1.165) is 39.0 Å². The summed E-state index contributed by atoms with van der Waals surface area (Å²) in [5, 5.41) is 22.6. The Kier molecular flexibility index (Phi) is 6.04. The molecule has 4 heterocycles. The molecule has 6 rings (SSSR count). The lowest BCUT2D eigenvalue weighted by atomic mass is 9.96. The van der Waals surface area contributed by atoms with Crippen LogP contribution in [0.2, 0.25) is 0 Å². The van der Waals surface area contributed by atoms with Crippen LogP contribution in [0.15, 0.2) is 30.6 Å². The van der Waals surface area contributed by atoms with E-state index in [1.807, 2.05) is 4.90 Å². The van der Waals surface area contributed by atoms with Gasteiger partial charge in [0.25, 0.3) is 0 Å². The third-order valence-electron chi connectivity index (χ3n) is 7.40. The maximum atomic E-state index is 15.3. The molecule has 0 radical (unpaired) electrons. The number of aromatic nitrogens is 5. The van der Waals surface area contributed by atoms with Gasteiger partial charge in [-0.05, 0) is 44.2 Å². The standard InChI is InChI=1S/C25H25F4N7O2/c1-38-24-22(25(27,28)29)30-10-17(33-24)12-2-6-15(19(37)8-12)23-31-11-20(34-35-23)36(14-4-5-14)18-9-13-3-7-16(32-13)21(18)26/h2,6,8,10-11,13-14,16,18,21,32,37H,3-5,7,9H2,1H3/t13-,16-,18+,21-/m0/s1. The molecule has 3 aromatic rings. The molecule has 1 aromatic carbocycles. The molecule has 38 heavy (non-hydrogen) atoms. The number of ether oxygens (including phenoxy) is 1. The SMILES string of the molecule is COc1nc(-c2ccc(-c3ncc(N(C4CC4)[C@@H]4C[C@@H]5CC[C@H](N5)[C@@H]4F)nn3)c(O)c2)cnc1C(F)(F)F. The lowest BCUT2D eigenvalue weighted by molar-refractivity contribution is -0.142. The Morgan fingerprint density at radius 3 is 2.55 bits per heavy atom. The van der Waals surface area contributed by atoms with E-state index < -0.39 is 23.9 Å². The Labute approximate surface area is 215 Å². The average Bonchev–Trinajstić information content (AvgIpc) is 3.66. The van der Waals surface area contributed by atoms with Crippen LogP contribution < -0.4 is 15.0 Å². The number of phenols is 1. The summed E-state index contributed by atoms with van der Waals surface area (Å²) in [4.78, 5) is 13.8. The van der Waals surface area contributed by atoms with Gasteiger partial charge in [-0.1, -0.05) is 6.07 Å². The van der Waals surface area contributed by atoms with Crippen molar-refractivity contribution in [2.24, 2.45) is 0 Å². The number of hydrogen-bond acceptors (Lipinski definition) is 9. The van der Waals surface area contributed by atoms with Crippen molar-refractivity contribution >= 4 is 5.82 Å². The zero-order valence-corrected chi connectivity index (χ0v) is 20.4. The van der Waals surface area contributed by atoms with Crippen LogP contribution >= 0.6 is 0 Å². The van der Waals surface area contributed by atoms with Crippen molar-refractivity contribution in [2.45, 2.75) is 68.6 Å². The number of nitrogens with one attached hydrogen (secondary N) is 1. The van der Waals surface area contributed by atoms with Crippen molar-refractivity contribution in [3.05, 3.63) is 36.3 Å². The molecule has 0 unspecified atom stereocenters. The van der Waals surface area contributed by atoms with Gasteiger partial charge in [-0.25, -0.2) is 19.3 Å². The summed E-state index contributed by atoms with van der Waals surface area (Å²) < 4.78 is 59.3. The molecule has 0 amide bonds. The van der Waals surface area contributed by atoms with Crippen LogP contribution in [0.4, 0.5) is 23.4 Å². The third kappa shape index (κ3) is 4.48. The number of nitrogens with zero attached hydrogens (tertiary/aromatic N) is 6. The summed E-state index contributed by atoms with van der Waals surface area (Å²) in [5.41, 5.74) is -0.547. The molecular formula is C25H25F4N7O2. The highest BCUT2D eigenvalue weighted by molar-refractivity contribution is 5.71. The molecule has 2 aliphatic heterocycles. The van der Waals surface area contributed by atoms with Crippen LogP contribution in [0.5, 0.6) is 11.6 Å². The Morgan fingerprint density at radius 1 is 1.08 bits per heavy atom.